The van der Waals surface area contributed by atoms with E-state index >= 15 is 0 Å². The third kappa shape index (κ3) is 0.849. The van der Waals surface area contributed by atoms with Gasteiger partial charge in [0.2, 0.25) is 5.65 Å². The molecule has 0 aliphatic carbocycles. The Morgan fingerprint density at radius 2 is 2.18 bits per heavy atom. The molecular formula is C6H7N5. The minimum atomic E-state index is 0.595. The molecule has 0 spiro atoms. The predicted octanol–water partition coefficient (Wildman–Crippen LogP) is 0.0667. The van der Waals surface area contributed by atoms with Crippen LogP contribution in [0.2, 0.25) is 0 Å². The van der Waals surface area contributed by atoms with E-state index < -0.39 is 0 Å². The Balaban J connectivity index is 2.87. The second-order valence-electron chi connectivity index (χ2n) is 2.36. The van der Waals surface area contributed by atoms with Gasteiger partial charge >= 0.3 is 0 Å². The van der Waals surface area contributed by atoms with Crippen molar-refractivity contribution in [2.45, 2.75) is 6.92 Å². The Morgan fingerprint density at radius 1 is 1.36 bits per heavy atom. The van der Waals surface area contributed by atoms with Crippen LogP contribution in [0.4, 0.5) is 0 Å². The van der Waals surface area contributed by atoms with Gasteiger partial charge in [0.25, 0.3) is 0 Å². The molecule has 2 rings (SSSR count). The van der Waals surface area contributed by atoms with Crippen LogP contribution in [-0.4, -0.2) is 24.7 Å². The molecule has 0 atom stereocenters. The van der Waals surface area contributed by atoms with Crippen LogP contribution in [0.3, 0.4) is 0 Å². The van der Waals surface area contributed by atoms with Crippen molar-refractivity contribution < 1.29 is 0 Å². The first-order valence-electron chi connectivity index (χ1n) is 3.26. The normalized spacial score (nSPS) is 10.7. The molecule has 0 aliphatic heterocycles. The molecule has 0 amide bonds. The van der Waals surface area contributed by atoms with E-state index in [9.17, 15) is 0 Å². The van der Waals surface area contributed by atoms with Crippen molar-refractivity contribution in [3.63, 3.8) is 0 Å². The van der Waals surface area contributed by atoms with Gasteiger partial charge in [-0.15, -0.1) is 10.2 Å². The summed E-state index contributed by atoms with van der Waals surface area (Å²) >= 11 is 0. The second kappa shape index (κ2) is 1.98. The molecule has 2 aromatic heterocycles. The molecule has 11 heavy (non-hydrogen) atoms. The molecule has 0 fully saturated rings. The van der Waals surface area contributed by atoms with Crippen molar-refractivity contribution in [1.82, 2.24) is 24.7 Å². The third-order valence-corrected chi connectivity index (χ3v) is 1.44. The monoisotopic (exact) mass is 149 g/mol. The molecule has 2 aromatic rings. The summed E-state index contributed by atoms with van der Waals surface area (Å²) in [6.45, 7) is 1.80. The number of nitrogens with zero attached hydrogens (tertiary/aromatic N) is 5. The SMILES string of the molecule is Cc1nnc2ncn(C)c2n1. The largest absolute Gasteiger partial charge is 0.317 e. The van der Waals surface area contributed by atoms with Crippen LogP contribution in [0.1, 0.15) is 5.82 Å². The van der Waals surface area contributed by atoms with Crippen LogP contribution < -0.4 is 0 Å². The number of hydrogen-bond acceptors (Lipinski definition) is 4. The molecule has 0 N–H and O–H groups in total. The predicted molar refractivity (Wildman–Crippen MR) is 38.8 cm³/mol. The van der Waals surface area contributed by atoms with E-state index in [-0.39, 0.29) is 0 Å². The summed E-state index contributed by atoms with van der Waals surface area (Å²) in [6.07, 6.45) is 1.67. The fourth-order valence-electron chi connectivity index (χ4n) is 0.906. The fourth-order valence-corrected chi connectivity index (χ4v) is 0.906. The molecule has 5 nitrogen and oxygen atoms in total. The molecule has 2 heterocycles. The minimum absolute atomic E-state index is 0.595. The van der Waals surface area contributed by atoms with Crippen LogP contribution in [0, 0.1) is 6.92 Å². The highest BCUT2D eigenvalue weighted by atomic mass is 15.2. The molecule has 0 unspecified atom stereocenters. The molecule has 0 aliphatic rings. The Bertz CT molecular complexity index is 391. The maximum absolute atomic E-state index is 4.16. The van der Waals surface area contributed by atoms with Gasteiger partial charge in [-0.1, -0.05) is 0 Å². The first kappa shape index (κ1) is 6.21. The quantitative estimate of drug-likeness (QED) is 0.531. The highest BCUT2D eigenvalue weighted by Gasteiger charge is 2.01. The van der Waals surface area contributed by atoms with Crippen LogP contribution in [0.25, 0.3) is 11.3 Å². The van der Waals surface area contributed by atoms with E-state index in [1.165, 1.54) is 0 Å². The van der Waals surface area contributed by atoms with Gasteiger partial charge < -0.3 is 4.57 Å². The van der Waals surface area contributed by atoms with Crippen molar-refractivity contribution in [2.75, 3.05) is 0 Å². The van der Waals surface area contributed by atoms with Crippen LogP contribution >= 0.6 is 0 Å². The summed E-state index contributed by atoms with van der Waals surface area (Å²) in [5.41, 5.74) is 1.37. The van der Waals surface area contributed by atoms with Gasteiger partial charge in [-0.05, 0) is 6.92 Å². The number of rotatable bonds is 0. The van der Waals surface area contributed by atoms with Gasteiger partial charge in [-0.3, -0.25) is 0 Å². The molecule has 0 bridgehead atoms. The number of aromatic nitrogens is 5. The zero-order valence-electron chi connectivity index (χ0n) is 6.31. The third-order valence-electron chi connectivity index (χ3n) is 1.44. The minimum Gasteiger partial charge on any atom is -0.317 e. The smallest absolute Gasteiger partial charge is 0.219 e. The fraction of sp³-hybridized carbons (Fsp3) is 0.333. The average Bonchev–Trinajstić information content (AvgIpc) is 2.33. The lowest BCUT2D eigenvalue weighted by Crippen LogP contribution is -1.95. The lowest BCUT2D eigenvalue weighted by molar-refractivity contribution is 0.897. The molecule has 0 saturated carbocycles. The molecule has 56 valence electrons. The average molecular weight is 149 g/mol. The standard InChI is InChI=1S/C6H7N5/c1-4-8-6-5(10-9-4)7-3-11(6)2/h3H,1-2H3. The molecule has 5 heteroatoms. The molecule has 0 saturated heterocycles. The van der Waals surface area contributed by atoms with E-state index in [4.69, 9.17) is 0 Å². The van der Waals surface area contributed by atoms with E-state index in [0.29, 0.717) is 11.5 Å². The van der Waals surface area contributed by atoms with Crippen molar-refractivity contribution in [3.8, 4) is 0 Å². The van der Waals surface area contributed by atoms with Gasteiger partial charge in [-0.2, -0.15) is 0 Å². The van der Waals surface area contributed by atoms with Crippen molar-refractivity contribution in [3.05, 3.63) is 12.2 Å². The second-order valence-corrected chi connectivity index (χ2v) is 2.36. The van der Waals surface area contributed by atoms with Gasteiger partial charge in [0.1, 0.15) is 5.82 Å². The van der Waals surface area contributed by atoms with Crippen LogP contribution in [-0.2, 0) is 7.05 Å². The highest BCUT2D eigenvalue weighted by molar-refractivity contribution is 5.64. The summed E-state index contributed by atoms with van der Waals surface area (Å²) in [7, 11) is 1.88. The first-order valence-corrected chi connectivity index (χ1v) is 3.26. The molecule has 0 radical (unpaired) electrons. The summed E-state index contributed by atoms with van der Waals surface area (Å²) < 4.78 is 1.82. The Kier molecular flexibility index (Phi) is 1.12. The Hall–Kier alpha value is -1.52. The van der Waals surface area contributed by atoms with E-state index in [2.05, 4.69) is 20.2 Å². The Morgan fingerprint density at radius 3 is 3.00 bits per heavy atom. The van der Waals surface area contributed by atoms with E-state index in [1.54, 1.807) is 13.3 Å². The first-order chi connectivity index (χ1) is 5.27. The van der Waals surface area contributed by atoms with Gasteiger partial charge in [0.15, 0.2) is 5.65 Å². The maximum Gasteiger partial charge on any atom is 0.219 e. The molecule has 0 aromatic carbocycles. The highest BCUT2D eigenvalue weighted by Crippen LogP contribution is 2.02. The summed E-state index contributed by atoms with van der Waals surface area (Å²) in [5.74, 6) is 0.668. The van der Waals surface area contributed by atoms with Crippen molar-refractivity contribution in [2.24, 2.45) is 7.05 Å². The van der Waals surface area contributed by atoms with Gasteiger partial charge in [0, 0.05) is 7.05 Å². The molecular weight excluding hydrogens is 142 g/mol. The van der Waals surface area contributed by atoms with E-state index in [1.807, 2.05) is 11.6 Å². The van der Waals surface area contributed by atoms with Gasteiger partial charge in [0.05, 0.1) is 6.33 Å². The number of aryl methyl sites for hydroxylation is 2. The summed E-state index contributed by atoms with van der Waals surface area (Å²) in [4.78, 5) is 8.15. The summed E-state index contributed by atoms with van der Waals surface area (Å²) in [5, 5.41) is 7.64. The number of imidazole rings is 1. The topological polar surface area (TPSA) is 56.5 Å². The lowest BCUT2D eigenvalue weighted by atomic mass is 10.6. The maximum atomic E-state index is 4.16. The lowest BCUT2D eigenvalue weighted by Gasteiger charge is -1.91. The number of fused-ring (bicyclic) bond motifs is 1. The number of hydrogen-bond donors (Lipinski definition) is 0. The van der Waals surface area contributed by atoms with Crippen molar-refractivity contribution in [1.29, 1.82) is 0 Å². The summed E-state index contributed by atoms with van der Waals surface area (Å²) in [6, 6.07) is 0. The Labute approximate surface area is 63.1 Å². The van der Waals surface area contributed by atoms with Crippen LogP contribution in [0.5, 0.6) is 0 Å². The van der Waals surface area contributed by atoms with E-state index in [0.717, 1.165) is 5.65 Å². The van der Waals surface area contributed by atoms with Crippen molar-refractivity contribution >= 4 is 11.3 Å². The zero-order valence-corrected chi connectivity index (χ0v) is 6.31. The van der Waals surface area contributed by atoms with Crippen LogP contribution in [0.15, 0.2) is 6.33 Å². The van der Waals surface area contributed by atoms with Gasteiger partial charge in [-0.25, -0.2) is 9.97 Å². The zero-order chi connectivity index (χ0) is 7.84.